The molecule has 10 nitrogen and oxygen atoms in total. The number of aliphatic hydroxyl groups is 4. The molecule has 3 aromatic rings. The largest absolute Gasteiger partial charge is 0.478 e. The van der Waals surface area contributed by atoms with Gasteiger partial charge in [-0.15, -0.1) is 0 Å². The number of hydrogen-bond acceptors (Lipinski definition) is 10. The Labute approximate surface area is 170 Å². The fourth-order valence-corrected chi connectivity index (χ4v) is 2.99. The van der Waals surface area contributed by atoms with Gasteiger partial charge in [0.15, 0.2) is 5.82 Å². The zero-order chi connectivity index (χ0) is 21.4. The van der Waals surface area contributed by atoms with E-state index in [1.807, 2.05) is 0 Å². The molecular formula is C15H13ClF2N4O6S. The Morgan fingerprint density at radius 1 is 1.28 bits per heavy atom. The van der Waals surface area contributed by atoms with Crippen molar-refractivity contribution in [3.05, 3.63) is 35.4 Å². The van der Waals surface area contributed by atoms with E-state index in [9.17, 15) is 19.0 Å². The number of nitrogens with one attached hydrogen (secondary N) is 2. The van der Waals surface area contributed by atoms with E-state index < -0.39 is 23.6 Å². The molecular weight excluding hydrogens is 438 g/mol. The molecule has 0 aliphatic carbocycles. The minimum absolute atomic E-state index is 0.0283. The molecule has 2 aromatic heterocycles. The molecule has 0 atom stereocenters. The van der Waals surface area contributed by atoms with E-state index in [1.165, 1.54) is 12.3 Å². The highest BCUT2D eigenvalue weighted by Crippen LogP contribution is 2.34. The fourth-order valence-electron chi connectivity index (χ4n) is 2.14. The zero-order valence-electron chi connectivity index (χ0n) is 14.4. The second-order valence-electron chi connectivity index (χ2n) is 5.51. The van der Waals surface area contributed by atoms with Crippen LogP contribution in [0, 0.1) is 5.82 Å². The first kappa shape index (κ1) is 21.3. The Balaban J connectivity index is 1.78. The summed E-state index contributed by atoms with van der Waals surface area (Å²) in [6, 6.07) is -1.46. The van der Waals surface area contributed by atoms with E-state index in [1.54, 1.807) is 6.07 Å². The number of nitrogens with zero attached hydrogens (tertiary/aromatic N) is 2. The van der Waals surface area contributed by atoms with Crippen LogP contribution in [0.15, 0.2) is 29.4 Å². The number of anilines is 1. The number of alkyl halides is 1. The number of benzene rings is 1. The molecule has 2 heterocycles. The van der Waals surface area contributed by atoms with Crippen LogP contribution < -0.4 is 14.2 Å². The second-order valence-corrected chi connectivity index (χ2v) is 6.76. The normalized spacial score (nSPS) is 12.3. The molecule has 29 heavy (non-hydrogen) atoms. The van der Waals surface area contributed by atoms with Gasteiger partial charge in [0.2, 0.25) is 11.7 Å². The van der Waals surface area contributed by atoms with Crippen LogP contribution in [0.3, 0.4) is 0 Å². The SMILES string of the molecule is COc1nc(NSc2c[nH]c3c(F)c(Cl)ccc23)ncc1OC(O)(O)C(O)(O)F. The number of methoxy groups -OCH3 is 1. The maximum atomic E-state index is 14.0. The summed E-state index contributed by atoms with van der Waals surface area (Å²) in [4.78, 5) is 11.0. The molecule has 3 rings (SSSR count). The lowest BCUT2D eigenvalue weighted by atomic mass is 10.2. The van der Waals surface area contributed by atoms with Crippen LogP contribution in [-0.4, -0.2) is 54.5 Å². The van der Waals surface area contributed by atoms with Crippen molar-refractivity contribution in [2.24, 2.45) is 0 Å². The van der Waals surface area contributed by atoms with Gasteiger partial charge in [0.25, 0.3) is 5.88 Å². The van der Waals surface area contributed by atoms with Gasteiger partial charge in [-0.05, 0) is 24.1 Å². The van der Waals surface area contributed by atoms with Crippen LogP contribution in [0.5, 0.6) is 11.6 Å². The topological polar surface area (TPSA) is 153 Å². The molecule has 14 heteroatoms. The Kier molecular flexibility index (Phi) is 5.71. The smallest absolute Gasteiger partial charge is 0.414 e. The van der Waals surface area contributed by atoms with Crippen LogP contribution in [0.4, 0.5) is 14.7 Å². The number of halogens is 3. The van der Waals surface area contributed by atoms with Gasteiger partial charge < -0.3 is 34.9 Å². The van der Waals surface area contributed by atoms with Gasteiger partial charge >= 0.3 is 12.0 Å². The van der Waals surface area contributed by atoms with E-state index in [2.05, 4.69) is 24.4 Å². The Morgan fingerprint density at radius 2 is 2.00 bits per heavy atom. The van der Waals surface area contributed by atoms with Gasteiger partial charge in [0.1, 0.15) is 0 Å². The van der Waals surface area contributed by atoms with Crippen molar-refractivity contribution in [2.75, 3.05) is 11.8 Å². The molecule has 1 aromatic carbocycles. The summed E-state index contributed by atoms with van der Waals surface area (Å²) in [6.07, 6.45) is 2.40. The van der Waals surface area contributed by atoms with E-state index in [0.717, 1.165) is 25.3 Å². The first-order chi connectivity index (χ1) is 13.5. The van der Waals surface area contributed by atoms with E-state index >= 15 is 0 Å². The van der Waals surface area contributed by atoms with Gasteiger partial charge in [0, 0.05) is 11.6 Å². The molecule has 0 radical (unpaired) electrons. The fraction of sp³-hybridized carbons (Fsp3) is 0.200. The van der Waals surface area contributed by atoms with Crippen molar-refractivity contribution in [1.82, 2.24) is 15.0 Å². The summed E-state index contributed by atoms with van der Waals surface area (Å²) < 4.78 is 39.0. The van der Waals surface area contributed by atoms with E-state index in [4.69, 9.17) is 26.6 Å². The van der Waals surface area contributed by atoms with Gasteiger partial charge in [-0.25, -0.2) is 9.37 Å². The number of aromatic nitrogens is 3. The highest BCUT2D eigenvalue weighted by atomic mass is 35.5. The van der Waals surface area contributed by atoms with Crippen molar-refractivity contribution in [2.45, 2.75) is 16.9 Å². The Hall–Kier alpha value is -2.42. The van der Waals surface area contributed by atoms with Crippen molar-refractivity contribution >= 4 is 40.4 Å². The van der Waals surface area contributed by atoms with Gasteiger partial charge in [0.05, 0.1) is 28.7 Å². The summed E-state index contributed by atoms with van der Waals surface area (Å²) in [6.45, 7) is 0. The maximum Gasteiger partial charge on any atom is 0.414 e. The van der Waals surface area contributed by atoms with Crippen molar-refractivity contribution in [1.29, 1.82) is 0 Å². The van der Waals surface area contributed by atoms with Crippen molar-refractivity contribution < 1.29 is 38.7 Å². The molecule has 0 amide bonds. The van der Waals surface area contributed by atoms with E-state index in [-0.39, 0.29) is 22.4 Å². The number of ether oxygens (including phenoxy) is 2. The lowest BCUT2D eigenvalue weighted by molar-refractivity contribution is -0.477. The van der Waals surface area contributed by atoms with Crippen LogP contribution in [0.2, 0.25) is 5.02 Å². The lowest BCUT2D eigenvalue weighted by Crippen LogP contribution is -2.55. The maximum absolute atomic E-state index is 14.0. The van der Waals surface area contributed by atoms with Gasteiger partial charge in [-0.1, -0.05) is 11.6 Å². The zero-order valence-corrected chi connectivity index (χ0v) is 15.9. The third-order valence-corrected chi connectivity index (χ3v) is 4.68. The molecule has 0 fully saturated rings. The molecule has 0 spiro atoms. The molecule has 0 bridgehead atoms. The number of rotatable bonds is 7. The number of fused-ring (bicyclic) bond motifs is 1. The highest BCUT2D eigenvalue weighted by molar-refractivity contribution is 8.00. The minimum atomic E-state index is -4.49. The number of hydrogen-bond donors (Lipinski definition) is 6. The predicted molar refractivity (Wildman–Crippen MR) is 97.4 cm³/mol. The first-order valence-electron chi connectivity index (χ1n) is 7.60. The van der Waals surface area contributed by atoms with E-state index in [0.29, 0.717) is 10.3 Å². The van der Waals surface area contributed by atoms with Crippen LogP contribution in [0.1, 0.15) is 0 Å². The van der Waals surface area contributed by atoms with Crippen LogP contribution in [0.25, 0.3) is 10.9 Å². The Morgan fingerprint density at radius 3 is 2.66 bits per heavy atom. The third kappa shape index (κ3) is 4.29. The highest BCUT2D eigenvalue weighted by Gasteiger charge is 2.52. The molecule has 0 aliphatic rings. The molecule has 0 saturated carbocycles. The quantitative estimate of drug-likeness (QED) is 0.230. The number of H-pyrrole nitrogens is 1. The first-order valence-corrected chi connectivity index (χ1v) is 8.79. The average molecular weight is 451 g/mol. The lowest BCUT2D eigenvalue weighted by Gasteiger charge is -2.27. The molecule has 156 valence electrons. The summed E-state index contributed by atoms with van der Waals surface area (Å²) in [5.74, 6) is -5.62. The second kappa shape index (κ2) is 7.78. The molecule has 0 unspecified atom stereocenters. The molecule has 6 N–H and O–H groups in total. The summed E-state index contributed by atoms with van der Waals surface area (Å²) in [5.41, 5.74) is 0.217. The number of aromatic amines is 1. The average Bonchev–Trinajstić information content (AvgIpc) is 3.06. The standard InChI is InChI=1S/C15H13ClF2N4O6S/c1-27-12-8(28-15(25,26)14(18,23)24)4-20-13(21-12)22-29-9-5-19-11-6(9)2-3-7(16)10(11)17/h2-5,19,23-26H,1H3,(H,20,21,22). The monoisotopic (exact) mass is 450 g/mol. The Bertz CT molecular complexity index is 1050. The van der Waals surface area contributed by atoms with Crippen molar-refractivity contribution in [3.8, 4) is 11.6 Å². The summed E-state index contributed by atoms with van der Waals surface area (Å²) >= 11 is 6.75. The third-order valence-electron chi connectivity index (χ3n) is 3.54. The van der Waals surface area contributed by atoms with Crippen LogP contribution >= 0.6 is 23.5 Å². The van der Waals surface area contributed by atoms with Crippen LogP contribution in [-0.2, 0) is 0 Å². The van der Waals surface area contributed by atoms with Gasteiger partial charge in [-0.2, -0.15) is 9.37 Å². The van der Waals surface area contributed by atoms with Gasteiger partial charge in [-0.3, -0.25) is 4.72 Å². The summed E-state index contributed by atoms with van der Waals surface area (Å²) in [7, 11) is 1.15. The minimum Gasteiger partial charge on any atom is -0.478 e. The van der Waals surface area contributed by atoms with Crippen molar-refractivity contribution in [3.63, 3.8) is 0 Å². The molecule has 0 aliphatic heterocycles. The predicted octanol–water partition coefficient (Wildman–Crippen LogP) is 1.50. The molecule has 0 saturated heterocycles. The summed E-state index contributed by atoms with van der Waals surface area (Å²) in [5, 5.41) is 36.4.